The van der Waals surface area contributed by atoms with E-state index in [2.05, 4.69) is 10.2 Å². The Morgan fingerprint density at radius 1 is 1.00 bits per heavy atom. The van der Waals surface area contributed by atoms with Crippen LogP contribution in [0.15, 0.2) is 18.2 Å². The summed E-state index contributed by atoms with van der Waals surface area (Å²) < 4.78 is 39.8. The second kappa shape index (κ2) is 8.00. The van der Waals surface area contributed by atoms with Gasteiger partial charge in [-0.1, -0.05) is 6.42 Å². The topological polar surface area (TPSA) is 49.4 Å². The molecule has 3 aliphatic rings. The quantitative estimate of drug-likeness (QED) is 0.763. The molecule has 158 valence electrons. The minimum atomic E-state index is -4.46. The number of ketones is 1. The van der Waals surface area contributed by atoms with Crippen LogP contribution in [0.1, 0.15) is 56.9 Å². The van der Waals surface area contributed by atoms with Crippen LogP contribution in [-0.2, 0) is 15.8 Å². The Morgan fingerprint density at radius 3 is 2.28 bits per heavy atom. The highest BCUT2D eigenvalue weighted by Gasteiger charge is 2.41. The summed E-state index contributed by atoms with van der Waals surface area (Å²) in [6.45, 7) is 1.55. The fourth-order valence-corrected chi connectivity index (χ4v) is 5.15. The summed E-state index contributed by atoms with van der Waals surface area (Å²) in [5, 5.41) is 2.80. The van der Waals surface area contributed by atoms with Crippen LogP contribution in [-0.4, -0.2) is 24.8 Å². The van der Waals surface area contributed by atoms with E-state index < -0.39 is 11.7 Å². The van der Waals surface area contributed by atoms with Gasteiger partial charge in [-0.2, -0.15) is 13.2 Å². The maximum absolute atomic E-state index is 13.3. The summed E-state index contributed by atoms with van der Waals surface area (Å²) in [6, 6.07) is 3.61. The molecule has 2 saturated carbocycles. The summed E-state index contributed by atoms with van der Waals surface area (Å²) in [5.74, 6) is -0.435. The van der Waals surface area contributed by atoms with E-state index in [0.717, 1.165) is 63.7 Å². The Balaban J connectivity index is 1.57. The van der Waals surface area contributed by atoms with Gasteiger partial charge in [0.1, 0.15) is 5.78 Å². The lowest BCUT2D eigenvalue weighted by atomic mass is 9.67. The smallest absolute Gasteiger partial charge is 0.370 e. The molecule has 4 rings (SSSR count). The van der Waals surface area contributed by atoms with E-state index in [4.69, 9.17) is 0 Å². The van der Waals surface area contributed by atoms with Gasteiger partial charge in [0.2, 0.25) is 5.91 Å². The fourth-order valence-electron chi connectivity index (χ4n) is 5.15. The Hall–Kier alpha value is -2.05. The number of rotatable bonds is 3. The van der Waals surface area contributed by atoms with Gasteiger partial charge in [0.05, 0.1) is 16.9 Å². The Labute approximate surface area is 168 Å². The number of carbonyl (C=O) groups is 2. The molecule has 0 aromatic heterocycles. The van der Waals surface area contributed by atoms with E-state index in [1.54, 1.807) is 0 Å². The lowest BCUT2D eigenvalue weighted by Gasteiger charge is -2.37. The second-order valence-corrected chi connectivity index (χ2v) is 8.66. The van der Waals surface area contributed by atoms with Crippen molar-refractivity contribution < 1.29 is 22.8 Å². The molecule has 3 fully saturated rings. The average molecular weight is 408 g/mol. The minimum absolute atomic E-state index is 0.0682. The predicted octanol–water partition coefficient (Wildman–Crippen LogP) is 5.03. The molecule has 2 unspecified atom stereocenters. The van der Waals surface area contributed by atoms with Crippen LogP contribution in [0.2, 0.25) is 0 Å². The van der Waals surface area contributed by atoms with Crippen LogP contribution >= 0.6 is 0 Å². The molecule has 1 aromatic rings. The lowest BCUT2D eigenvalue weighted by molar-refractivity contribution is -0.138. The van der Waals surface area contributed by atoms with Gasteiger partial charge in [0.25, 0.3) is 0 Å². The number of nitrogens with one attached hydrogen (secondary N) is 1. The third-order valence-corrected chi connectivity index (χ3v) is 6.70. The van der Waals surface area contributed by atoms with Crippen LogP contribution < -0.4 is 10.2 Å². The maximum atomic E-state index is 13.3. The van der Waals surface area contributed by atoms with Crippen molar-refractivity contribution in [1.29, 1.82) is 0 Å². The molecular weight excluding hydrogens is 381 g/mol. The summed E-state index contributed by atoms with van der Waals surface area (Å²) >= 11 is 0. The molecule has 1 amide bonds. The van der Waals surface area contributed by atoms with E-state index in [0.29, 0.717) is 18.5 Å². The maximum Gasteiger partial charge on any atom is 0.416 e. The Bertz CT molecular complexity index is 771. The van der Waals surface area contributed by atoms with Crippen molar-refractivity contribution in [2.75, 3.05) is 23.3 Å². The number of halogens is 3. The summed E-state index contributed by atoms with van der Waals surface area (Å²) in [4.78, 5) is 27.3. The Kier molecular flexibility index (Phi) is 5.58. The molecular formula is C22H27F3N2O2. The predicted molar refractivity (Wildman–Crippen MR) is 105 cm³/mol. The molecule has 4 nitrogen and oxygen atoms in total. The molecule has 0 spiro atoms. The molecule has 29 heavy (non-hydrogen) atoms. The third kappa shape index (κ3) is 4.28. The Morgan fingerprint density at radius 2 is 1.66 bits per heavy atom. The first-order valence-electron chi connectivity index (χ1n) is 10.6. The van der Waals surface area contributed by atoms with E-state index in [1.165, 1.54) is 6.07 Å². The largest absolute Gasteiger partial charge is 0.416 e. The molecule has 1 heterocycles. The molecule has 1 aliphatic heterocycles. The number of fused-ring (bicyclic) bond motifs is 2. The number of carbonyl (C=O) groups excluding carboxylic acids is 2. The molecule has 1 saturated heterocycles. The first-order valence-corrected chi connectivity index (χ1v) is 10.6. The SMILES string of the molecule is O=C(Nc1cc(C(F)(F)F)ccc1N1CCCCC1)C1CC2CCCC(C1)C2=O. The number of alkyl halides is 3. The fraction of sp³-hybridized carbons (Fsp3) is 0.636. The van der Waals surface area contributed by atoms with Gasteiger partial charge in [0.15, 0.2) is 0 Å². The average Bonchev–Trinajstić information content (AvgIpc) is 2.67. The van der Waals surface area contributed by atoms with Crippen LogP contribution in [0.25, 0.3) is 0 Å². The van der Waals surface area contributed by atoms with Crippen molar-refractivity contribution in [3.8, 4) is 0 Å². The molecule has 2 aliphatic carbocycles. The van der Waals surface area contributed by atoms with Gasteiger partial charge in [-0.3, -0.25) is 9.59 Å². The zero-order valence-corrected chi connectivity index (χ0v) is 16.4. The van der Waals surface area contributed by atoms with E-state index in [-0.39, 0.29) is 35.1 Å². The number of hydrogen-bond acceptors (Lipinski definition) is 3. The highest BCUT2D eigenvalue weighted by Crippen LogP contribution is 2.41. The molecule has 0 radical (unpaired) electrons. The van der Waals surface area contributed by atoms with Crippen LogP contribution in [0.4, 0.5) is 24.5 Å². The molecule has 2 atom stereocenters. The molecule has 2 bridgehead atoms. The van der Waals surface area contributed by atoms with Crippen molar-refractivity contribution >= 4 is 23.1 Å². The number of amides is 1. The van der Waals surface area contributed by atoms with E-state index in [9.17, 15) is 22.8 Å². The van der Waals surface area contributed by atoms with Gasteiger partial charge >= 0.3 is 6.18 Å². The van der Waals surface area contributed by atoms with Crippen molar-refractivity contribution in [3.63, 3.8) is 0 Å². The van der Waals surface area contributed by atoms with Gasteiger partial charge in [-0.15, -0.1) is 0 Å². The van der Waals surface area contributed by atoms with Crippen molar-refractivity contribution in [1.82, 2.24) is 0 Å². The van der Waals surface area contributed by atoms with Gasteiger partial charge in [-0.05, 0) is 63.1 Å². The van der Waals surface area contributed by atoms with E-state index >= 15 is 0 Å². The van der Waals surface area contributed by atoms with Crippen LogP contribution in [0, 0.1) is 17.8 Å². The lowest BCUT2D eigenvalue weighted by Crippen LogP contribution is -2.40. The standard InChI is InChI=1S/C22H27F3N2O2/c23-22(24,25)17-7-8-19(27-9-2-1-3-10-27)18(13-17)26-21(29)16-11-14-5-4-6-15(12-16)20(14)28/h7-8,13-16H,1-6,9-12H2,(H,26,29). The minimum Gasteiger partial charge on any atom is -0.370 e. The summed E-state index contributed by atoms with van der Waals surface area (Å²) in [6.07, 6.45) is 2.31. The molecule has 7 heteroatoms. The monoisotopic (exact) mass is 408 g/mol. The summed E-state index contributed by atoms with van der Waals surface area (Å²) in [7, 11) is 0. The highest BCUT2D eigenvalue weighted by molar-refractivity contribution is 5.97. The molecule has 1 aromatic carbocycles. The zero-order valence-electron chi connectivity index (χ0n) is 16.4. The van der Waals surface area contributed by atoms with Crippen molar-refractivity contribution in [3.05, 3.63) is 23.8 Å². The normalized spacial score (nSPS) is 27.6. The van der Waals surface area contributed by atoms with Crippen molar-refractivity contribution in [2.45, 2.75) is 57.5 Å². The van der Waals surface area contributed by atoms with Crippen LogP contribution in [0.3, 0.4) is 0 Å². The zero-order chi connectivity index (χ0) is 20.6. The van der Waals surface area contributed by atoms with Crippen LogP contribution in [0.5, 0.6) is 0 Å². The number of benzene rings is 1. The number of piperidine rings is 1. The van der Waals surface area contributed by atoms with E-state index in [1.807, 2.05) is 0 Å². The number of anilines is 2. The first-order chi connectivity index (χ1) is 13.8. The second-order valence-electron chi connectivity index (χ2n) is 8.66. The van der Waals surface area contributed by atoms with Gasteiger partial charge in [0, 0.05) is 30.8 Å². The first kappa shape index (κ1) is 20.2. The summed E-state index contributed by atoms with van der Waals surface area (Å²) in [5.41, 5.74) is 0.121. The van der Waals surface area contributed by atoms with Gasteiger partial charge < -0.3 is 10.2 Å². The highest BCUT2D eigenvalue weighted by atomic mass is 19.4. The van der Waals surface area contributed by atoms with Gasteiger partial charge in [-0.25, -0.2) is 0 Å². The number of hydrogen-bond donors (Lipinski definition) is 1. The third-order valence-electron chi connectivity index (χ3n) is 6.70. The molecule has 1 N–H and O–H groups in total. The van der Waals surface area contributed by atoms with Crippen molar-refractivity contribution in [2.24, 2.45) is 17.8 Å². The number of nitrogens with zero attached hydrogens (tertiary/aromatic N) is 1. The number of Topliss-reactive ketones (excluding diaryl/α,β-unsaturated/α-hetero) is 1.